The van der Waals surface area contributed by atoms with Crippen LogP contribution in [0.5, 0.6) is 0 Å². The molecule has 110 valence electrons. The van der Waals surface area contributed by atoms with Gasteiger partial charge in [0.1, 0.15) is 0 Å². The molecule has 0 aromatic carbocycles. The molecule has 6 nitrogen and oxygen atoms in total. The summed E-state index contributed by atoms with van der Waals surface area (Å²) in [7, 11) is 0. The van der Waals surface area contributed by atoms with Crippen LogP contribution in [0.15, 0.2) is 32.7 Å². The molecule has 0 saturated carbocycles. The fraction of sp³-hybridized carbons (Fsp3) is 0.357. The van der Waals surface area contributed by atoms with Crippen LogP contribution in [0.25, 0.3) is 11.6 Å². The van der Waals surface area contributed by atoms with E-state index >= 15 is 0 Å². The Bertz CT molecular complexity index is 689. The SMILES string of the molecule is CCc1nc([C@H](C)NCc2nc(-c3ccco3)no2)cs1. The fourth-order valence-electron chi connectivity index (χ4n) is 1.86. The monoisotopic (exact) mass is 304 g/mol. The highest BCUT2D eigenvalue weighted by atomic mass is 32.1. The Morgan fingerprint density at radius 2 is 2.29 bits per heavy atom. The second-order valence-electron chi connectivity index (χ2n) is 4.61. The zero-order chi connectivity index (χ0) is 14.7. The van der Waals surface area contributed by atoms with Crippen LogP contribution in [-0.4, -0.2) is 15.1 Å². The van der Waals surface area contributed by atoms with Gasteiger partial charge in [0.05, 0.1) is 23.5 Å². The number of nitrogens with one attached hydrogen (secondary N) is 1. The van der Waals surface area contributed by atoms with E-state index in [2.05, 4.69) is 39.7 Å². The van der Waals surface area contributed by atoms with Crippen molar-refractivity contribution in [3.8, 4) is 11.6 Å². The van der Waals surface area contributed by atoms with Crippen molar-refractivity contribution in [2.75, 3.05) is 0 Å². The van der Waals surface area contributed by atoms with Gasteiger partial charge in [-0.2, -0.15) is 4.98 Å². The molecule has 0 bridgehead atoms. The number of furan rings is 1. The summed E-state index contributed by atoms with van der Waals surface area (Å²) in [6.07, 6.45) is 2.55. The molecule has 0 aliphatic heterocycles. The van der Waals surface area contributed by atoms with Gasteiger partial charge in [-0.15, -0.1) is 11.3 Å². The van der Waals surface area contributed by atoms with Gasteiger partial charge >= 0.3 is 0 Å². The molecule has 0 fully saturated rings. The lowest BCUT2D eigenvalue weighted by molar-refractivity contribution is 0.359. The molecule has 0 aliphatic rings. The molecular formula is C14H16N4O2S. The summed E-state index contributed by atoms with van der Waals surface area (Å²) in [5.74, 6) is 1.59. The zero-order valence-electron chi connectivity index (χ0n) is 11.9. The maximum atomic E-state index is 5.23. The Balaban J connectivity index is 1.60. The van der Waals surface area contributed by atoms with Gasteiger partial charge in [-0.3, -0.25) is 0 Å². The van der Waals surface area contributed by atoms with E-state index in [9.17, 15) is 0 Å². The highest BCUT2D eigenvalue weighted by Gasteiger charge is 2.13. The minimum atomic E-state index is 0.139. The summed E-state index contributed by atoms with van der Waals surface area (Å²) in [5.41, 5.74) is 1.04. The molecular weight excluding hydrogens is 288 g/mol. The number of aryl methyl sites for hydroxylation is 1. The van der Waals surface area contributed by atoms with E-state index in [1.54, 1.807) is 29.7 Å². The quantitative estimate of drug-likeness (QED) is 0.753. The van der Waals surface area contributed by atoms with Crippen LogP contribution in [0.2, 0.25) is 0 Å². The second kappa shape index (κ2) is 6.19. The van der Waals surface area contributed by atoms with Gasteiger partial charge in [0, 0.05) is 11.4 Å². The van der Waals surface area contributed by atoms with Crippen LogP contribution in [-0.2, 0) is 13.0 Å². The van der Waals surface area contributed by atoms with Crippen molar-refractivity contribution in [3.63, 3.8) is 0 Å². The molecule has 0 saturated heterocycles. The molecule has 3 aromatic heterocycles. The number of hydrogen-bond donors (Lipinski definition) is 1. The van der Waals surface area contributed by atoms with Crippen LogP contribution in [0.4, 0.5) is 0 Å². The molecule has 21 heavy (non-hydrogen) atoms. The highest BCUT2D eigenvalue weighted by Crippen LogP contribution is 2.18. The highest BCUT2D eigenvalue weighted by molar-refractivity contribution is 7.09. The lowest BCUT2D eigenvalue weighted by Crippen LogP contribution is -2.18. The molecule has 0 radical (unpaired) electrons. The Labute approximate surface area is 126 Å². The first-order valence-corrected chi connectivity index (χ1v) is 7.68. The average molecular weight is 304 g/mol. The predicted molar refractivity (Wildman–Crippen MR) is 78.7 cm³/mol. The van der Waals surface area contributed by atoms with Crippen LogP contribution < -0.4 is 5.32 Å². The van der Waals surface area contributed by atoms with Crippen molar-refractivity contribution in [1.82, 2.24) is 20.4 Å². The third-order valence-electron chi connectivity index (χ3n) is 3.08. The number of nitrogens with zero attached hydrogens (tertiary/aromatic N) is 3. The first-order chi connectivity index (χ1) is 10.3. The van der Waals surface area contributed by atoms with Crippen LogP contribution in [0.1, 0.15) is 36.5 Å². The molecule has 7 heteroatoms. The number of hydrogen-bond acceptors (Lipinski definition) is 7. The van der Waals surface area contributed by atoms with Gasteiger partial charge in [0.2, 0.25) is 11.7 Å². The van der Waals surface area contributed by atoms with E-state index in [0.29, 0.717) is 24.0 Å². The topological polar surface area (TPSA) is 77.0 Å². The maximum absolute atomic E-state index is 5.23. The zero-order valence-corrected chi connectivity index (χ0v) is 12.7. The summed E-state index contributed by atoms with van der Waals surface area (Å²) < 4.78 is 10.4. The maximum Gasteiger partial charge on any atom is 0.241 e. The lowest BCUT2D eigenvalue weighted by atomic mass is 10.2. The van der Waals surface area contributed by atoms with Gasteiger partial charge in [-0.25, -0.2) is 4.98 Å². The summed E-state index contributed by atoms with van der Waals surface area (Å²) in [5, 5.41) is 10.5. The number of rotatable bonds is 6. The molecule has 1 N–H and O–H groups in total. The number of aromatic nitrogens is 3. The van der Waals surface area contributed by atoms with Crippen molar-refractivity contribution < 1.29 is 8.94 Å². The van der Waals surface area contributed by atoms with Crippen molar-refractivity contribution >= 4 is 11.3 Å². The first kappa shape index (κ1) is 14.0. The smallest absolute Gasteiger partial charge is 0.241 e. The molecule has 3 heterocycles. The van der Waals surface area contributed by atoms with Gasteiger partial charge in [0.15, 0.2) is 5.76 Å². The second-order valence-corrected chi connectivity index (χ2v) is 5.55. The van der Waals surface area contributed by atoms with Gasteiger partial charge < -0.3 is 14.3 Å². The summed E-state index contributed by atoms with van der Waals surface area (Å²) in [4.78, 5) is 8.85. The Morgan fingerprint density at radius 3 is 3.00 bits per heavy atom. The Morgan fingerprint density at radius 1 is 1.38 bits per heavy atom. The number of thiazole rings is 1. The van der Waals surface area contributed by atoms with E-state index in [0.717, 1.165) is 17.1 Å². The molecule has 3 aromatic rings. The first-order valence-electron chi connectivity index (χ1n) is 6.80. The molecule has 1 atom stereocenters. The molecule has 0 spiro atoms. The molecule has 0 aliphatic carbocycles. The largest absolute Gasteiger partial charge is 0.461 e. The van der Waals surface area contributed by atoms with Crippen LogP contribution >= 0.6 is 11.3 Å². The van der Waals surface area contributed by atoms with Gasteiger partial charge in [-0.1, -0.05) is 12.1 Å². The van der Waals surface area contributed by atoms with E-state index in [1.807, 2.05) is 0 Å². The van der Waals surface area contributed by atoms with E-state index in [-0.39, 0.29) is 6.04 Å². The Hall–Kier alpha value is -1.99. The fourth-order valence-corrected chi connectivity index (χ4v) is 2.70. The lowest BCUT2D eigenvalue weighted by Gasteiger charge is -2.08. The minimum absolute atomic E-state index is 0.139. The average Bonchev–Trinajstić information content (AvgIpc) is 3.24. The van der Waals surface area contributed by atoms with Crippen LogP contribution in [0, 0.1) is 0 Å². The molecule has 3 rings (SSSR count). The third kappa shape index (κ3) is 3.20. The summed E-state index contributed by atoms with van der Waals surface area (Å²) >= 11 is 1.69. The summed E-state index contributed by atoms with van der Waals surface area (Å²) in [6, 6.07) is 3.73. The molecule has 0 unspecified atom stereocenters. The van der Waals surface area contributed by atoms with E-state index in [4.69, 9.17) is 8.94 Å². The predicted octanol–water partition coefficient (Wildman–Crippen LogP) is 3.20. The van der Waals surface area contributed by atoms with E-state index < -0.39 is 0 Å². The van der Waals surface area contributed by atoms with Gasteiger partial charge in [0.25, 0.3) is 0 Å². The third-order valence-corrected chi connectivity index (χ3v) is 4.10. The molecule has 0 amide bonds. The normalized spacial score (nSPS) is 12.7. The summed E-state index contributed by atoms with van der Waals surface area (Å²) in [6.45, 7) is 4.67. The Kier molecular flexibility index (Phi) is 4.12. The van der Waals surface area contributed by atoms with Crippen LogP contribution in [0.3, 0.4) is 0 Å². The van der Waals surface area contributed by atoms with Crippen molar-refractivity contribution in [2.45, 2.75) is 32.9 Å². The standard InChI is InChI=1S/C14H16N4O2S/c1-3-13-16-10(8-21-13)9(2)15-7-12-17-14(18-20-12)11-5-4-6-19-11/h4-6,8-9,15H,3,7H2,1-2H3/t9-/m0/s1. The van der Waals surface area contributed by atoms with E-state index in [1.165, 1.54) is 0 Å². The minimum Gasteiger partial charge on any atom is -0.461 e. The van der Waals surface area contributed by atoms with Crippen molar-refractivity contribution in [1.29, 1.82) is 0 Å². The van der Waals surface area contributed by atoms with Crippen molar-refractivity contribution in [2.24, 2.45) is 0 Å². The van der Waals surface area contributed by atoms with Gasteiger partial charge in [-0.05, 0) is 25.5 Å². The van der Waals surface area contributed by atoms with Crippen molar-refractivity contribution in [3.05, 3.63) is 40.4 Å².